The largest absolute Gasteiger partial charge is 0.381 e. The van der Waals surface area contributed by atoms with Gasteiger partial charge < -0.3 is 9.30 Å². The first-order chi connectivity index (χ1) is 10.7. The zero-order chi connectivity index (χ0) is 14.7. The number of nitrogens with zero attached hydrogens (tertiary/aromatic N) is 3. The second-order valence-corrected chi connectivity index (χ2v) is 8.53. The Morgan fingerprint density at radius 1 is 0.955 bits per heavy atom. The molecule has 22 heavy (non-hydrogen) atoms. The van der Waals surface area contributed by atoms with E-state index in [4.69, 9.17) is 9.84 Å². The van der Waals surface area contributed by atoms with Gasteiger partial charge in [-0.1, -0.05) is 0 Å². The van der Waals surface area contributed by atoms with Crippen LogP contribution in [-0.4, -0.2) is 28.0 Å². The lowest BCUT2D eigenvalue weighted by molar-refractivity contribution is -0.0109. The average molecular weight is 301 g/mol. The Morgan fingerprint density at radius 2 is 1.55 bits per heavy atom. The maximum Gasteiger partial charge on any atom is 0.139 e. The lowest BCUT2D eigenvalue weighted by atomic mass is 9.49. The number of aromatic nitrogens is 3. The Morgan fingerprint density at radius 3 is 2.14 bits per heavy atom. The molecular formula is C18H27N3O. The summed E-state index contributed by atoms with van der Waals surface area (Å²) in [5.74, 6) is 5.98. The standard InChI is InChI=1S/C18H27N3O/c1-21-16(15-2-4-22-5-3-15)19-20-17(21)18-9-12-6-13(10-18)8-14(7-12)11-18/h12-15H,2-11H2,1H3. The molecule has 1 aromatic heterocycles. The van der Waals surface area contributed by atoms with Gasteiger partial charge in [-0.25, -0.2) is 0 Å². The fraction of sp³-hybridized carbons (Fsp3) is 0.889. The van der Waals surface area contributed by atoms with Crippen LogP contribution >= 0.6 is 0 Å². The molecule has 120 valence electrons. The molecule has 6 rings (SSSR count). The zero-order valence-electron chi connectivity index (χ0n) is 13.6. The van der Waals surface area contributed by atoms with Gasteiger partial charge in [0.2, 0.25) is 0 Å². The first-order valence-electron chi connectivity index (χ1n) is 9.21. The summed E-state index contributed by atoms with van der Waals surface area (Å²) in [6.45, 7) is 1.76. The maximum atomic E-state index is 5.51. The summed E-state index contributed by atoms with van der Waals surface area (Å²) in [4.78, 5) is 0. The van der Waals surface area contributed by atoms with Gasteiger partial charge in [0.1, 0.15) is 11.6 Å². The van der Waals surface area contributed by atoms with Crippen molar-refractivity contribution in [1.29, 1.82) is 0 Å². The molecule has 0 atom stereocenters. The van der Waals surface area contributed by atoms with Gasteiger partial charge in [0.05, 0.1) is 0 Å². The third-order valence-electron chi connectivity index (χ3n) is 7.01. The molecule has 1 aliphatic heterocycles. The quantitative estimate of drug-likeness (QED) is 0.842. The summed E-state index contributed by atoms with van der Waals surface area (Å²) >= 11 is 0. The van der Waals surface area contributed by atoms with Crippen LogP contribution in [0.1, 0.15) is 68.9 Å². The SMILES string of the molecule is Cn1c(C2CCOCC2)nnc1C12CC3CC(CC(C3)C1)C2. The van der Waals surface area contributed by atoms with Crippen LogP contribution in [0.5, 0.6) is 0 Å². The van der Waals surface area contributed by atoms with E-state index >= 15 is 0 Å². The lowest BCUT2D eigenvalue weighted by Crippen LogP contribution is -2.49. The van der Waals surface area contributed by atoms with E-state index in [-0.39, 0.29) is 0 Å². The molecule has 4 nitrogen and oxygen atoms in total. The molecule has 4 aliphatic carbocycles. The van der Waals surface area contributed by atoms with E-state index in [0.29, 0.717) is 11.3 Å². The minimum absolute atomic E-state index is 0.361. The predicted octanol–water partition coefficient (Wildman–Crippen LogP) is 3.18. The Bertz CT molecular complexity index is 538. The fourth-order valence-electron chi connectivity index (χ4n) is 6.50. The van der Waals surface area contributed by atoms with Crippen molar-refractivity contribution in [2.24, 2.45) is 24.8 Å². The molecule has 4 heteroatoms. The van der Waals surface area contributed by atoms with E-state index in [0.717, 1.165) is 43.8 Å². The summed E-state index contributed by atoms with van der Waals surface area (Å²) in [5, 5.41) is 9.41. The lowest BCUT2D eigenvalue weighted by Gasteiger charge is -2.56. The van der Waals surface area contributed by atoms with Crippen LogP contribution in [0.25, 0.3) is 0 Å². The summed E-state index contributed by atoms with van der Waals surface area (Å²) in [5.41, 5.74) is 0.361. The van der Waals surface area contributed by atoms with Crippen LogP contribution in [0, 0.1) is 17.8 Å². The zero-order valence-corrected chi connectivity index (χ0v) is 13.6. The van der Waals surface area contributed by atoms with Gasteiger partial charge in [0, 0.05) is 31.6 Å². The highest BCUT2D eigenvalue weighted by Crippen LogP contribution is 2.60. The van der Waals surface area contributed by atoms with Crippen LogP contribution in [0.3, 0.4) is 0 Å². The summed E-state index contributed by atoms with van der Waals surface area (Å²) in [6.07, 6.45) is 10.8. The van der Waals surface area contributed by atoms with Gasteiger partial charge in [0.15, 0.2) is 0 Å². The van der Waals surface area contributed by atoms with Crippen LogP contribution in [0.2, 0.25) is 0 Å². The molecule has 0 spiro atoms. The summed E-state index contributed by atoms with van der Waals surface area (Å²) in [6, 6.07) is 0. The molecule has 1 saturated heterocycles. The predicted molar refractivity (Wildman–Crippen MR) is 83.6 cm³/mol. The molecular weight excluding hydrogens is 274 g/mol. The van der Waals surface area contributed by atoms with E-state index in [2.05, 4.69) is 16.7 Å². The Labute approximate surface area is 132 Å². The van der Waals surface area contributed by atoms with Gasteiger partial charge in [-0.2, -0.15) is 0 Å². The second-order valence-electron chi connectivity index (χ2n) is 8.53. The van der Waals surface area contributed by atoms with Crippen molar-refractivity contribution in [2.75, 3.05) is 13.2 Å². The minimum Gasteiger partial charge on any atom is -0.381 e. The molecule has 5 aliphatic rings. The molecule has 0 unspecified atom stereocenters. The van der Waals surface area contributed by atoms with Crippen molar-refractivity contribution in [1.82, 2.24) is 14.8 Å². The van der Waals surface area contributed by atoms with Crippen molar-refractivity contribution in [3.63, 3.8) is 0 Å². The third kappa shape index (κ3) is 1.92. The number of ether oxygens (including phenoxy) is 1. The van der Waals surface area contributed by atoms with Crippen LogP contribution in [0.4, 0.5) is 0 Å². The Kier molecular flexibility index (Phi) is 2.95. The molecule has 0 radical (unpaired) electrons. The highest BCUT2D eigenvalue weighted by Gasteiger charge is 2.53. The summed E-state index contributed by atoms with van der Waals surface area (Å²) in [7, 11) is 2.22. The highest BCUT2D eigenvalue weighted by atomic mass is 16.5. The van der Waals surface area contributed by atoms with Crippen molar-refractivity contribution in [3.8, 4) is 0 Å². The van der Waals surface area contributed by atoms with Crippen LogP contribution < -0.4 is 0 Å². The third-order valence-corrected chi connectivity index (χ3v) is 7.01. The summed E-state index contributed by atoms with van der Waals surface area (Å²) < 4.78 is 7.89. The van der Waals surface area contributed by atoms with Gasteiger partial charge in [-0.3, -0.25) is 0 Å². The molecule has 4 bridgehead atoms. The van der Waals surface area contributed by atoms with E-state index in [1.54, 1.807) is 0 Å². The Balaban J connectivity index is 1.49. The second kappa shape index (κ2) is 4.80. The van der Waals surface area contributed by atoms with Crippen molar-refractivity contribution < 1.29 is 4.74 Å². The van der Waals surface area contributed by atoms with E-state index < -0.39 is 0 Å². The molecule has 4 saturated carbocycles. The van der Waals surface area contributed by atoms with Crippen molar-refractivity contribution >= 4 is 0 Å². The normalized spacial score (nSPS) is 41.2. The first kappa shape index (κ1) is 13.5. The smallest absolute Gasteiger partial charge is 0.139 e. The van der Waals surface area contributed by atoms with E-state index in [1.165, 1.54) is 50.2 Å². The van der Waals surface area contributed by atoms with Crippen LogP contribution in [-0.2, 0) is 17.2 Å². The van der Waals surface area contributed by atoms with Gasteiger partial charge in [0.25, 0.3) is 0 Å². The van der Waals surface area contributed by atoms with Crippen LogP contribution in [0.15, 0.2) is 0 Å². The topological polar surface area (TPSA) is 39.9 Å². The van der Waals surface area contributed by atoms with Gasteiger partial charge >= 0.3 is 0 Å². The molecule has 1 aromatic rings. The fourth-order valence-corrected chi connectivity index (χ4v) is 6.50. The molecule has 0 amide bonds. The number of hydrogen-bond acceptors (Lipinski definition) is 3. The molecule has 0 N–H and O–H groups in total. The van der Waals surface area contributed by atoms with Crippen molar-refractivity contribution in [2.45, 2.75) is 62.7 Å². The monoisotopic (exact) mass is 301 g/mol. The van der Waals surface area contributed by atoms with Crippen molar-refractivity contribution in [3.05, 3.63) is 11.6 Å². The van der Waals surface area contributed by atoms with E-state index in [9.17, 15) is 0 Å². The number of hydrogen-bond donors (Lipinski definition) is 0. The highest BCUT2D eigenvalue weighted by molar-refractivity contribution is 5.19. The maximum absolute atomic E-state index is 5.51. The molecule has 2 heterocycles. The molecule has 5 fully saturated rings. The van der Waals surface area contributed by atoms with E-state index in [1.807, 2.05) is 0 Å². The van der Waals surface area contributed by atoms with Gasteiger partial charge in [-0.15, -0.1) is 10.2 Å². The first-order valence-corrected chi connectivity index (χ1v) is 9.21. The van der Waals surface area contributed by atoms with Gasteiger partial charge in [-0.05, 0) is 69.1 Å². The Hall–Kier alpha value is -0.900. The molecule has 0 aromatic carbocycles. The average Bonchev–Trinajstić information content (AvgIpc) is 2.89. The number of rotatable bonds is 2. The minimum atomic E-state index is 0.361.